The van der Waals surface area contributed by atoms with E-state index >= 15 is 0 Å². The Hall–Kier alpha value is -1.39. The molecule has 3 rings (SSSR count). The van der Waals surface area contributed by atoms with E-state index in [1.54, 1.807) is 17.7 Å². The molecule has 3 nitrogen and oxygen atoms in total. The summed E-state index contributed by atoms with van der Waals surface area (Å²) in [5.41, 5.74) is 1.08. The molecule has 0 aliphatic heterocycles. The van der Waals surface area contributed by atoms with Crippen LogP contribution in [-0.2, 0) is 0 Å². The minimum atomic E-state index is 0. The van der Waals surface area contributed by atoms with Crippen molar-refractivity contribution in [2.75, 3.05) is 18.0 Å². The number of thiophene rings is 1. The van der Waals surface area contributed by atoms with E-state index in [1.165, 1.54) is 14.8 Å². The van der Waals surface area contributed by atoms with Crippen LogP contribution in [0.25, 0.3) is 20.3 Å². The molecule has 100 valence electrons. The van der Waals surface area contributed by atoms with Crippen LogP contribution >= 0.6 is 23.7 Å². The number of halogens is 1. The van der Waals surface area contributed by atoms with E-state index < -0.39 is 0 Å². The molecular formula is C14H16ClN3S. The first-order chi connectivity index (χ1) is 8.85. The van der Waals surface area contributed by atoms with Gasteiger partial charge in [-0.25, -0.2) is 9.97 Å². The van der Waals surface area contributed by atoms with Crippen LogP contribution < -0.4 is 4.90 Å². The van der Waals surface area contributed by atoms with Crippen molar-refractivity contribution in [1.29, 1.82) is 0 Å². The summed E-state index contributed by atoms with van der Waals surface area (Å²) in [6.07, 6.45) is 1.68. The lowest BCUT2D eigenvalue weighted by molar-refractivity contribution is 0.850. The summed E-state index contributed by atoms with van der Waals surface area (Å²) in [5, 5.41) is 1.23. The second-order valence-electron chi connectivity index (χ2n) is 4.15. The summed E-state index contributed by atoms with van der Waals surface area (Å²) < 4.78 is 2.48. The topological polar surface area (TPSA) is 29.0 Å². The molecule has 0 fully saturated rings. The molecular weight excluding hydrogens is 278 g/mol. The largest absolute Gasteiger partial charge is 0.356 e. The number of hydrogen-bond acceptors (Lipinski definition) is 4. The van der Waals surface area contributed by atoms with Gasteiger partial charge in [-0.1, -0.05) is 18.2 Å². The van der Waals surface area contributed by atoms with Gasteiger partial charge in [-0.3, -0.25) is 0 Å². The molecule has 19 heavy (non-hydrogen) atoms. The highest BCUT2D eigenvalue weighted by molar-refractivity contribution is 7.26. The summed E-state index contributed by atoms with van der Waals surface area (Å²) in [4.78, 5) is 11.2. The number of hydrogen-bond donors (Lipinski definition) is 0. The summed E-state index contributed by atoms with van der Waals surface area (Å²) in [5.74, 6) is 1.06. The van der Waals surface area contributed by atoms with Crippen molar-refractivity contribution in [2.24, 2.45) is 0 Å². The number of benzene rings is 1. The maximum Gasteiger partial charge on any atom is 0.150 e. The predicted molar refractivity (Wildman–Crippen MR) is 85.7 cm³/mol. The molecule has 0 saturated carbocycles. The molecule has 0 bridgehead atoms. The van der Waals surface area contributed by atoms with Crippen molar-refractivity contribution in [1.82, 2.24) is 9.97 Å². The van der Waals surface area contributed by atoms with Gasteiger partial charge in [0.2, 0.25) is 0 Å². The number of fused-ring (bicyclic) bond motifs is 3. The van der Waals surface area contributed by atoms with Crippen LogP contribution in [0.4, 0.5) is 5.82 Å². The van der Waals surface area contributed by atoms with E-state index in [-0.39, 0.29) is 12.4 Å². The molecule has 2 heterocycles. The molecule has 0 aliphatic carbocycles. The molecule has 0 radical (unpaired) electrons. The maximum absolute atomic E-state index is 4.47. The lowest BCUT2D eigenvalue weighted by Crippen LogP contribution is -2.22. The zero-order valence-electron chi connectivity index (χ0n) is 11.0. The van der Waals surface area contributed by atoms with E-state index in [4.69, 9.17) is 0 Å². The SMILES string of the molecule is CCN(CC)c1ncnc2c1sc1ccccc12.Cl. The normalized spacial score (nSPS) is 10.6. The molecule has 0 aliphatic rings. The number of aromatic nitrogens is 2. The molecule has 5 heteroatoms. The van der Waals surface area contributed by atoms with Crippen LogP contribution in [0.5, 0.6) is 0 Å². The fourth-order valence-electron chi connectivity index (χ4n) is 2.26. The zero-order chi connectivity index (χ0) is 12.5. The Morgan fingerprint density at radius 3 is 2.58 bits per heavy atom. The third-order valence-electron chi connectivity index (χ3n) is 3.20. The van der Waals surface area contributed by atoms with E-state index in [9.17, 15) is 0 Å². The highest BCUT2D eigenvalue weighted by Gasteiger charge is 2.13. The van der Waals surface area contributed by atoms with E-state index in [2.05, 4.69) is 53.0 Å². The molecule has 0 unspecified atom stereocenters. The van der Waals surface area contributed by atoms with Crippen molar-refractivity contribution >= 4 is 49.9 Å². The van der Waals surface area contributed by atoms with Gasteiger partial charge in [-0.05, 0) is 19.9 Å². The Balaban J connectivity index is 0.00000133. The lowest BCUT2D eigenvalue weighted by Gasteiger charge is -2.19. The van der Waals surface area contributed by atoms with Crippen molar-refractivity contribution in [3.05, 3.63) is 30.6 Å². The van der Waals surface area contributed by atoms with Crippen molar-refractivity contribution < 1.29 is 0 Å². The Morgan fingerprint density at radius 2 is 1.84 bits per heavy atom. The summed E-state index contributed by atoms with van der Waals surface area (Å²) in [7, 11) is 0. The first-order valence-corrected chi connectivity index (χ1v) is 7.04. The first kappa shape index (κ1) is 14.0. The third kappa shape index (κ3) is 2.26. The average Bonchev–Trinajstić information content (AvgIpc) is 2.80. The van der Waals surface area contributed by atoms with Gasteiger partial charge in [-0.15, -0.1) is 23.7 Å². The van der Waals surface area contributed by atoms with Gasteiger partial charge in [0.15, 0.2) is 0 Å². The van der Waals surface area contributed by atoms with Gasteiger partial charge in [-0.2, -0.15) is 0 Å². The summed E-state index contributed by atoms with van der Waals surface area (Å²) in [6.45, 7) is 6.25. The molecule has 0 atom stereocenters. The maximum atomic E-state index is 4.47. The molecule has 1 aromatic carbocycles. The first-order valence-electron chi connectivity index (χ1n) is 6.22. The molecule has 0 saturated heterocycles. The fourth-order valence-corrected chi connectivity index (χ4v) is 3.43. The third-order valence-corrected chi connectivity index (χ3v) is 4.36. The average molecular weight is 294 g/mol. The van der Waals surface area contributed by atoms with E-state index in [1.807, 2.05) is 0 Å². The predicted octanol–water partition coefficient (Wildman–Crippen LogP) is 4.11. The molecule has 0 spiro atoms. The Kier molecular flexibility index (Phi) is 4.22. The van der Waals surface area contributed by atoms with Gasteiger partial charge < -0.3 is 4.90 Å². The molecule has 3 aromatic rings. The van der Waals surface area contributed by atoms with Crippen LogP contribution in [-0.4, -0.2) is 23.1 Å². The van der Waals surface area contributed by atoms with Crippen molar-refractivity contribution in [2.45, 2.75) is 13.8 Å². The zero-order valence-corrected chi connectivity index (χ0v) is 12.6. The summed E-state index contributed by atoms with van der Waals surface area (Å²) in [6, 6.07) is 8.41. The van der Waals surface area contributed by atoms with Gasteiger partial charge in [0.1, 0.15) is 12.1 Å². The second-order valence-corrected chi connectivity index (χ2v) is 5.20. The van der Waals surface area contributed by atoms with Crippen molar-refractivity contribution in [3.8, 4) is 0 Å². The van der Waals surface area contributed by atoms with Crippen LogP contribution in [0.2, 0.25) is 0 Å². The van der Waals surface area contributed by atoms with Gasteiger partial charge in [0.25, 0.3) is 0 Å². The highest BCUT2D eigenvalue weighted by atomic mass is 35.5. The monoisotopic (exact) mass is 293 g/mol. The summed E-state index contributed by atoms with van der Waals surface area (Å²) >= 11 is 1.78. The second kappa shape index (κ2) is 5.72. The lowest BCUT2D eigenvalue weighted by atomic mass is 10.2. The number of anilines is 1. The number of nitrogens with zero attached hydrogens (tertiary/aromatic N) is 3. The quantitative estimate of drug-likeness (QED) is 0.727. The van der Waals surface area contributed by atoms with E-state index in [0.29, 0.717) is 0 Å². The fraction of sp³-hybridized carbons (Fsp3) is 0.286. The molecule has 2 aromatic heterocycles. The van der Waals surface area contributed by atoms with Gasteiger partial charge in [0, 0.05) is 23.2 Å². The highest BCUT2D eigenvalue weighted by Crippen LogP contribution is 2.36. The Bertz CT molecular complexity index is 691. The minimum absolute atomic E-state index is 0. The Labute approximate surface area is 122 Å². The van der Waals surface area contributed by atoms with Gasteiger partial charge in [0.05, 0.1) is 10.2 Å². The van der Waals surface area contributed by atoms with Gasteiger partial charge >= 0.3 is 0 Å². The van der Waals surface area contributed by atoms with Crippen molar-refractivity contribution in [3.63, 3.8) is 0 Å². The standard InChI is InChI=1S/C14H15N3S.ClH/c1-3-17(4-2)14-13-12(15-9-16-14)10-7-5-6-8-11(10)18-13;/h5-9H,3-4H2,1-2H3;1H. The van der Waals surface area contributed by atoms with Crippen LogP contribution in [0.3, 0.4) is 0 Å². The minimum Gasteiger partial charge on any atom is -0.356 e. The van der Waals surface area contributed by atoms with Crippen LogP contribution in [0.1, 0.15) is 13.8 Å². The Morgan fingerprint density at radius 1 is 1.11 bits per heavy atom. The van der Waals surface area contributed by atoms with Crippen LogP contribution in [0, 0.1) is 0 Å². The number of rotatable bonds is 3. The molecule has 0 amide bonds. The smallest absolute Gasteiger partial charge is 0.150 e. The molecule has 0 N–H and O–H groups in total. The van der Waals surface area contributed by atoms with E-state index in [0.717, 1.165) is 24.4 Å². The van der Waals surface area contributed by atoms with Crippen LogP contribution in [0.15, 0.2) is 30.6 Å².